The highest BCUT2D eigenvalue weighted by Crippen LogP contribution is 2.26. The summed E-state index contributed by atoms with van der Waals surface area (Å²) in [7, 11) is 0. The number of hydrogen-bond donors (Lipinski definition) is 1. The largest absolute Gasteiger partial charge is 0.438 e. The van der Waals surface area contributed by atoms with E-state index < -0.39 is 11.5 Å². The zero-order valence-corrected chi connectivity index (χ0v) is 17.6. The van der Waals surface area contributed by atoms with Crippen LogP contribution in [-0.2, 0) is 4.79 Å². The Morgan fingerprint density at radius 2 is 2.10 bits per heavy atom. The molecule has 3 aromatic rings. The predicted octanol–water partition coefficient (Wildman–Crippen LogP) is 3.77. The van der Waals surface area contributed by atoms with Crippen LogP contribution >= 0.6 is 15.9 Å². The van der Waals surface area contributed by atoms with E-state index in [1.165, 1.54) is 16.6 Å². The van der Waals surface area contributed by atoms with Gasteiger partial charge >= 0.3 is 0 Å². The number of pyridine rings is 1. The summed E-state index contributed by atoms with van der Waals surface area (Å²) in [4.78, 5) is 29.9. The van der Waals surface area contributed by atoms with Crippen molar-refractivity contribution >= 4 is 33.6 Å². The van der Waals surface area contributed by atoms with Gasteiger partial charge in [0.05, 0.1) is 0 Å². The fourth-order valence-electron chi connectivity index (χ4n) is 2.66. The van der Waals surface area contributed by atoms with Gasteiger partial charge < -0.3 is 10.1 Å². The molecule has 0 aliphatic rings. The van der Waals surface area contributed by atoms with Crippen molar-refractivity contribution in [2.45, 2.75) is 6.92 Å². The molecule has 0 saturated carbocycles. The molecule has 2 heterocycles. The van der Waals surface area contributed by atoms with Crippen molar-refractivity contribution in [3.8, 4) is 17.7 Å². The number of ether oxygens (including phenoxy) is 1. The van der Waals surface area contributed by atoms with Crippen molar-refractivity contribution in [3.63, 3.8) is 0 Å². The van der Waals surface area contributed by atoms with Crippen molar-refractivity contribution in [1.82, 2.24) is 14.7 Å². The number of rotatable bonds is 6. The maximum Gasteiger partial charge on any atom is 0.269 e. The number of benzene rings is 1. The smallest absolute Gasteiger partial charge is 0.269 e. The fourth-order valence-corrected chi connectivity index (χ4v) is 2.93. The predicted molar refractivity (Wildman–Crippen MR) is 117 cm³/mol. The first-order valence-corrected chi connectivity index (χ1v) is 9.70. The lowest BCUT2D eigenvalue weighted by molar-refractivity contribution is -0.116. The van der Waals surface area contributed by atoms with Gasteiger partial charge in [-0.05, 0) is 48.9 Å². The Balaban J connectivity index is 2.21. The Kier molecular flexibility index (Phi) is 6.45. The van der Waals surface area contributed by atoms with Gasteiger partial charge in [0.15, 0.2) is 0 Å². The first-order valence-electron chi connectivity index (χ1n) is 8.91. The average Bonchev–Trinajstić information content (AvgIpc) is 2.74. The van der Waals surface area contributed by atoms with Gasteiger partial charge in [-0.15, -0.1) is 6.58 Å². The van der Waals surface area contributed by atoms with Crippen LogP contribution in [0, 0.1) is 18.3 Å². The third-order valence-electron chi connectivity index (χ3n) is 4.14. The topological polar surface area (TPSA) is 96.5 Å². The number of carbonyl (C=O) groups excluding carboxylic acids is 1. The number of aromatic nitrogens is 2. The molecule has 2 aromatic heterocycles. The number of aryl methyl sites for hydroxylation is 1. The molecule has 1 amide bonds. The Labute approximate surface area is 181 Å². The molecule has 0 spiro atoms. The van der Waals surface area contributed by atoms with Gasteiger partial charge in [-0.3, -0.25) is 14.0 Å². The SMILES string of the molecule is C=CCNC(=O)/C(C#N)=C/c1c(Oc2ccc(Br)cc2)nc2c(C)cccn2c1=O. The van der Waals surface area contributed by atoms with Gasteiger partial charge in [-0.2, -0.15) is 10.2 Å². The molecule has 0 bridgehead atoms. The molecule has 0 fully saturated rings. The minimum Gasteiger partial charge on any atom is -0.438 e. The number of amides is 1. The first-order chi connectivity index (χ1) is 14.4. The second-order valence-corrected chi connectivity index (χ2v) is 7.16. The molecule has 0 atom stereocenters. The second-order valence-electron chi connectivity index (χ2n) is 6.25. The molecule has 8 heteroatoms. The molecule has 1 aromatic carbocycles. The van der Waals surface area contributed by atoms with E-state index in [2.05, 4.69) is 32.8 Å². The van der Waals surface area contributed by atoms with E-state index in [0.29, 0.717) is 11.4 Å². The maximum absolute atomic E-state index is 13.2. The molecule has 30 heavy (non-hydrogen) atoms. The lowest BCUT2D eigenvalue weighted by Gasteiger charge is -2.11. The maximum atomic E-state index is 13.2. The van der Waals surface area contributed by atoms with E-state index in [4.69, 9.17) is 4.74 Å². The number of fused-ring (bicyclic) bond motifs is 1. The molecule has 0 aliphatic carbocycles. The number of hydrogen-bond acceptors (Lipinski definition) is 5. The zero-order chi connectivity index (χ0) is 21.7. The third-order valence-corrected chi connectivity index (χ3v) is 4.67. The summed E-state index contributed by atoms with van der Waals surface area (Å²) in [5.41, 5.74) is 0.479. The van der Waals surface area contributed by atoms with Crippen LogP contribution < -0.4 is 15.6 Å². The number of carbonyl (C=O) groups is 1. The molecule has 0 unspecified atom stereocenters. The van der Waals surface area contributed by atoms with Crippen molar-refractivity contribution in [2.24, 2.45) is 0 Å². The van der Waals surface area contributed by atoms with Crippen molar-refractivity contribution in [1.29, 1.82) is 5.26 Å². The van der Waals surface area contributed by atoms with E-state index in [9.17, 15) is 14.9 Å². The van der Waals surface area contributed by atoms with Crippen LogP contribution in [0.5, 0.6) is 11.6 Å². The third kappa shape index (κ3) is 4.47. The van der Waals surface area contributed by atoms with Gasteiger partial charge in [0.2, 0.25) is 5.88 Å². The second kappa shape index (κ2) is 9.20. The van der Waals surface area contributed by atoms with E-state index >= 15 is 0 Å². The van der Waals surface area contributed by atoms with Crippen LogP contribution in [0.3, 0.4) is 0 Å². The number of nitrogens with zero attached hydrogens (tertiary/aromatic N) is 3. The summed E-state index contributed by atoms with van der Waals surface area (Å²) >= 11 is 3.36. The van der Waals surface area contributed by atoms with Crippen LogP contribution in [-0.4, -0.2) is 21.8 Å². The summed E-state index contributed by atoms with van der Waals surface area (Å²) in [5.74, 6) is -0.172. The quantitative estimate of drug-likeness (QED) is 0.340. The Hall–Kier alpha value is -3.70. The molecule has 0 saturated heterocycles. The molecular weight excluding hydrogens is 448 g/mol. The van der Waals surface area contributed by atoms with Crippen LogP contribution in [0.1, 0.15) is 11.1 Å². The average molecular weight is 465 g/mol. The minimum absolute atomic E-state index is 0.000827. The van der Waals surface area contributed by atoms with Gasteiger partial charge in [0.25, 0.3) is 11.5 Å². The molecule has 0 aliphatic heterocycles. The Morgan fingerprint density at radius 3 is 2.77 bits per heavy atom. The highest BCUT2D eigenvalue weighted by molar-refractivity contribution is 9.10. The molecular formula is C22H17BrN4O3. The monoisotopic (exact) mass is 464 g/mol. The molecule has 0 radical (unpaired) electrons. The minimum atomic E-state index is -0.624. The molecule has 150 valence electrons. The van der Waals surface area contributed by atoms with E-state index in [1.807, 2.05) is 19.1 Å². The fraction of sp³-hybridized carbons (Fsp3) is 0.0909. The van der Waals surface area contributed by atoms with Crippen LogP contribution in [0.25, 0.3) is 11.7 Å². The lowest BCUT2D eigenvalue weighted by atomic mass is 10.1. The van der Waals surface area contributed by atoms with Gasteiger partial charge in [0, 0.05) is 17.2 Å². The van der Waals surface area contributed by atoms with Crippen LogP contribution in [0.2, 0.25) is 0 Å². The number of nitriles is 1. The molecule has 3 rings (SSSR count). The van der Waals surface area contributed by atoms with Gasteiger partial charge in [-0.1, -0.05) is 28.1 Å². The molecule has 1 N–H and O–H groups in total. The van der Waals surface area contributed by atoms with E-state index in [-0.39, 0.29) is 23.6 Å². The summed E-state index contributed by atoms with van der Waals surface area (Å²) in [5, 5.41) is 12.0. The van der Waals surface area contributed by atoms with Crippen LogP contribution in [0.4, 0.5) is 0 Å². The summed E-state index contributed by atoms with van der Waals surface area (Å²) in [6.07, 6.45) is 4.25. The highest BCUT2D eigenvalue weighted by atomic mass is 79.9. The Bertz CT molecular complexity index is 1250. The van der Waals surface area contributed by atoms with Gasteiger partial charge in [-0.25, -0.2) is 0 Å². The Morgan fingerprint density at radius 1 is 1.37 bits per heavy atom. The van der Waals surface area contributed by atoms with Crippen molar-refractivity contribution < 1.29 is 9.53 Å². The molecule has 7 nitrogen and oxygen atoms in total. The normalized spacial score (nSPS) is 11.0. The highest BCUT2D eigenvalue weighted by Gasteiger charge is 2.17. The number of nitrogens with one attached hydrogen (secondary N) is 1. The summed E-state index contributed by atoms with van der Waals surface area (Å²) in [6.45, 7) is 5.53. The van der Waals surface area contributed by atoms with Crippen molar-refractivity contribution in [2.75, 3.05) is 6.54 Å². The number of halogens is 1. The zero-order valence-electron chi connectivity index (χ0n) is 16.1. The lowest BCUT2D eigenvalue weighted by Crippen LogP contribution is -2.25. The summed E-state index contributed by atoms with van der Waals surface area (Å²) < 4.78 is 8.08. The van der Waals surface area contributed by atoms with E-state index in [1.54, 1.807) is 36.5 Å². The van der Waals surface area contributed by atoms with Crippen molar-refractivity contribution in [3.05, 3.63) is 86.8 Å². The first kappa shape index (κ1) is 21.0. The van der Waals surface area contributed by atoms with Crippen LogP contribution in [0.15, 0.2) is 70.1 Å². The summed E-state index contributed by atoms with van der Waals surface area (Å²) in [6, 6.07) is 12.4. The van der Waals surface area contributed by atoms with Gasteiger partial charge in [0.1, 0.15) is 28.6 Å². The standard InChI is InChI=1S/C22H17BrN4O3/c1-3-10-25-20(28)15(13-24)12-18-21(30-17-8-6-16(23)7-9-17)26-19-14(2)5-4-11-27(19)22(18)29/h3-9,11-12H,1,10H2,2H3,(H,25,28)/b15-12+. The van der Waals surface area contributed by atoms with E-state index in [0.717, 1.165) is 10.0 Å².